The SMILES string of the molecule is CCCCCCCCCCC(C)SC(=S)SCC#N. The molecule has 0 aliphatic rings. The van der Waals surface area contributed by atoms with E-state index >= 15 is 0 Å². The fourth-order valence-electron chi connectivity index (χ4n) is 1.91. The molecule has 1 unspecified atom stereocenters. The largest absolute Gasteiger partial charge is 0.197 e. The van der Waals surface area contributed by atoms with E-state index in [4.69, 9.17) is 17.5 Å². The highest BCUT2D eigenvalue weighted by Gasteiger charge is 2.06. The topological polar surface area (TPSA) is 23.8 Å². The Labute approximate surface area is 133 Å². The van der Waals surface area contributed by atoms with Gasteiger partial charge in [0.15, 0.2) is 0 Å². The molecule has 4 heteroatoms. The predicted molar refractivity (Wildman–Crippen MR) is 94.9 cm³/mol. The van der Waals surface area contributed by atoms with E-state index in [0.717, 1.165) is 3.53 Å². The third-order valence-electron chi connectivity index (χ3n) is 3.02. The second-order valence-corrected chi connectivity index (χ2v) is 8.51. The van der Waals surface area contributed by atoms with E-state index in [9.17, 15) is 0 Å². The van der Waals surface area contributed by atoms with Crippen LogP contribution in [-0.2, 0) is 0 Å². The van der Waals surface area contributed by atoms with Crippen LogP contribution in [-0.4, -0.2) is 14.5 Å². The monoisotopic (exact) mass is 317 g/mol. The Bertz CT molecular complexity index is 261. The fraction of sp³-hybridized carbons (Fsp3) is 0.867. The van der Waals surface area contributed by atoms with E-state index in [-0.39, 0.29) is 0 Å². The minimum Gasteiger partial charge on any atom is -0.197 e. The van der Waals surface area contributed by atoms with Crippen molar-refractivity contribution in [2.24, 2.45) is 0 Å². The molecule has 0 heterocycles. The number of thiocarbonyl (C=S) groups is 1. The lowest BCUT2D eigenvalue weighted by molar-refractivity contribution is 0.564. The van der Waals surface area contributed by atoms with Crippen LogP contribution in [0.4, 0.5) is 0 Å². The lowest BCUT2D eigenvalue weighted by Gasteiger charge is -2.10. The lowest BCUT2D eigenvalue weighted by atomic mass is 10.1. The van der Waals surface area contributed by atoms with Crippen LogP contribution in [0.15, 0.2) is 0 Å². The van der Waals surface area contributed by atoms with Gasteiger partial charge in [-0.3, -0.25) is 0 Å². The van der Waals surface area contributed by atoms with Gasteiger partial charge in [-0.25, -0.2) is 0 Å². The van der Waals surface area contributed by atoms with Crippen molar-refractivity contribution in [2.45, 2.75) is 76.9 Å². The molecule has 19 heavy (non-hydrogen) atoms. The summed E-state index contributed by atoms with van der Waals surface area (Å²) >= 11 is 8.48. The molecule has 0 saturated heterocycles. The van der Waals surface area contributed by atoms with Crippen LogP contribution in [0.5, 0.6) is 0 Å². The summed E-state index contributed by atoms with van der Waals surface area (Å²) < 4.78 is 0.925. The number of rotatable bonds is 11. The second kappa shape index (κ2) is 14.7. The molecule has 110 valence electrons. The van der Waals surface area contributed by atoms with Gasteiger partial charge in [-0.15, -0.1) is 11.8 Å². The van der Waals surface area contributed by atoms with Gasteiger partial charge < -0.3 is 0 Å². The van der Waals surface area contributed by atoms with E-state index in [1.165, 1.54) is 69.5 Å². The number of nitrogens with zero attached hydrogens (tertiary/aromatic N) is 1. The molecule has 1 atom stereocenters. The summed E-state index contributed by atoms with van der Waals surface area (Å²) in [4.78, 5) is 0. The van der Waals surface area contributed by atoms with Crippen LogP contribution in [0.25, 0.3) is 0 Å². The maximum absolute atomic E-state index is 8.49. The molecule has 1 nitrogen and oxygen atoms in total. The van der Waals surface area contributed by atoms with Gasteiger partial charge >= 0.3 is 0 Å². The van der Waals surface area contributed by atoms with Gasteiger partial charge in [-0.05, 0) is 6.42 Å². The average Bonchev–Trinajstić information content (AvgIpc) is 2.39. The van der Waals surface area contributed by atoms with E-state index in [1.54, 1.807) is 11.8 Å². The smallest absolute Gasteiger partial charge is 0.105 e. The summed E-state index contributed by atoms with van der Waals surface area (Å²) in [5.41, 5.74) is 0. The minimum atomic E-state index is 0.482. The van der Waals surface area contributed by atoms with E-state index < -0.39 is 0 Å². The molecule has 0 rings (SSSR count). The number of hydrogen-bond acceptors (Lipinski definition) is 4. The van der Waals surface area contributed by atoms with E-state index in [1.807, 2.05) is 0 Å². The molecule has 0 amide bonds. The summed E-state index contributed by atoms with van der Waals surface area (Å²) in [6.07, 6.45) is 12.2. The quantitative estimate of drug-likeness (QED) is 0.335. The zero-order valence-corrected chi connectivity index (χ0v) is 14.8. The van der Waals surface area contributed by atoms with Crippen LogP contribution in [0.2, 0.25) is 0 Å². The Balaban J connectivity index is 3.31. The highest BCUT2D eigenvalue weighted by atomic mass is 32.2. The van der Waals surface area contributed by atoms with E-state index in [2.05, 4.69) is 19.9 Å². The summed E-state index contributed by atoms with van der Waals surface area (Å²) in [5.74, 6) is 0.482. The number of hydrogen-bond donors (Lipinski definition) is 0. The van der Waals surface area contributed by atoms with Crippen molar-refractivity contribution in [2.75, 3.05) is 5.75 Å². The highest BCUT2D eigenvalue weighted by molar-refractivity contribution is 8.47. The van der Waals surface area contributed by atoms with Gasteiger partial charge in [-0.2, -0.15) is 5.26 Å². The molecule has 0 aliphatic carbocycles. The number of unbranched alkanes of at least 4 members (excludes halogenated alkanes) is 7. The van der Waals surface area contributed by atoms with Gasteiger partial charge in [-0.1, -0.05) is 89.2 Å². The lowest BCUT2D eigenvalue weighted by Crippen LogP contribution is -1.99. The summed E-state index contributed by atoms with van der Waals surface area (Å²) in [6.45, 7) is 4.50. The maximum Gasteiger partial charge on any atom is 0.105 e. The molecule has 0 radical (unpaired) electrons. The Morgan fingerprint density at radius 1 is 1.11 bits per heavy atom. The van der Waals surface area contributed by atoms with Crippen LogP contribution < -0.4 is 0 Å². The highest BCUT2D eigenvalue weighted by Crippen LogP contribution is 2.25. The molecule has 0 spiro atoms. The average molecular weight is 318 g/mol. The Morgan fingerprint density at radius 2 is 1.68 bits per heavy atom. The van der Waals surface area contributed by atoms with Crippen molar-refractivity contribution in [1.82, 2.24) is 0 Å². The summed E-state index contributed by atoms with van der Waals surface area (Å²) in [7, 11) is 0. The van der Waals surface area contributed by atoms with Crippen molar-refractivity contribution >= 4 is 39.3 Å². The molecule has 0 bridgehead atoms. The first-order chi connectivity index (χ1) is 9.20. The molecule has 0 aromatic rings. The van der Waals surface area contributed by atoms with Crippen LogP contribution in [0.1, 0.15) is 71.6 Å². The summed E-state index contributed by atoms with van der Waals surface area (Å²) in [5, 5.41) is 9.08. The molecule has 0 fully saturated rings. The zero-order chi connectivity index (χ0) is 14.3. The van der Waals surface area contributed by atoms with Crippen LogP contribution >= 0.6 is 35.7 Å². The normalized spacial score (nSPS) is 12.1. The van der Waals surface area contributed by atoms with E-state index in [0.29, 0.717) is 11.0 Å². The van der Waals surface area contributed by atoms with Crippen LogP contribution in [0, 0.1) is 11.3 Å². The van der Waals surface area contributed by atoms with Gasteiger partial charge in [0.1, 0.15) is 3.53 Å². The predicted octanol–water partition coefficient (Wildman–Crippen LogP) is 6.18. The van der Waals surface area contributed by atoms with Crippen molar-refractivity contribution in [3.8, 4) is 6.07 Å². The number of nitriles is 1. The first-order valence-corrected chi connectivity index (χ1v) is 9.68. The maximum atomic E-state index is 8.49. The standard InChI is InChI=1S/C15H27NS3/c1-3-4-5-6-7-8-9-10-11-14(2)19-15(17)18-13-12-16/h14H,3-11,13H2,1-2H3. The molecule has 0 aromatic heterocycles. The molecular formula is C15H27NS3. The number of thioether (sulfide) groups is 2. The zero-order valence-electron chi connectivity index (χ0n) is 12.3. The van der Waals surface area contributed by atoms with Gasteiger partial charge in [0, 0.05) is 5.25 Å². The van der Waals surface area contributed by atoms with Gasteiger partial charge in [0.2, 0.25) is 0 Å². The van der Waals surface area contributed by atoms with Crippen LogP contribution in [0.3, 0.4) is 0 Å². The first-order valence-electron chi connectivity index (χ1n) is 7.41. The second-order valence-electron chi connectivity index (χ2n) is 4.89. The Morgan fingerprint density at radius 3 is 2.26 bits per heavy atom. The van der Waals surface area contributed by atoms with Gasteiger partial charge in [0.25, 0.3) is 0 Å². The Hall–Kier alpha value is 0.280. The molecule has 0 N–H and O–H groups in total. The van der Waals surface area contributed by atoms with Crippen molar-refractivity contribution < 1.29 is 0 Å². The summed E-state index contributed by atoms with van der Waals surface area (Å²) in [6, 6.07) is 2.11. The Kier molecular flexibility index (Phi) is 14.9. The molecule has 0 saturated carbocycles. The molecule has 0 aliphatic heterocycles. The van der Waals surface area contributed by atoms with Crippen molar-refractivity contribution in [1.29, 1.82) is 5.26 Å². The third kappa shape index (κ3) is 14.5. The van der Waals surface area contributed by atoms with Crippen molar-refractivity contribution in [3.05, 3.63) is 0 Å². The minimum absolute atomic E-state index is 0.482. The van der Waals surface area contributed by atoms with Gasteiger partial charge in [0.05, 0.1) is 11.8 Å². The van der Waals surface area contributed by atoms with Crippen molar-refractivity contribution in [3.63, 3.8) is 0 Å². The molecule has 0 aromatic carbocycles. The third-order valence-corrected chi connectivity index (χ3v) is 5.64. The molecular weight excluding hydrogens is 290 g/mol. The fourth-order valence-corrected chi connectivity index (χ4v) is 4.32. The first kappa shape index (κ1) is 19.3.